The minimum absolute atomic E-state index is 0.0656. The molecule has 0 radical (unpaired) electrons. The van der Waals surface area contributed by atoms with E-state index in [2.05, 4.69) is 11.4 Å². The van der Waals surface area contributed by atoms with E-state index in [-0.39, 0.29) is 6.54 Å². The van der Waals surface area contributed by atoms with E-state index in [0.717, 1.165) is 19.5 Å². The molecule has 1 aromatic heterocycles. The average molecular weight is 280 g/mol. The molecule has 0 saturated carbocycles. The van der Waals surface area contributed by atoms with E-state index in [0.29, 0.717) is 6.54 Å². The summed E-state index contributed by atoms with van der Waals surface area (Å²) in [6, 6.07) is 4.10. The van der Waals surface area contributed by atoms with E-state index in [1.165, 1.54) is 4.88 Å². The fourth-order valence-corrected chi connectivity index (χ4v) is 2.20. The number of likely N-dealkylation sites (N-methyl/N-ethyl adjacent to an activating group) is 1. The number of halogens is 3. The Hall–Kier alpha value is -0.590. The molecule has 2 nitrogen and oxygen atoms in total. The summed E-state index contributed by atoms with van der Waals surface area (Å²) in [6.45, 7) is 2.30. The first-order chi connectivity index (χ1) is 8.47. The number of nitrogens with zero attached hydrogens (tertiary/aromatic N) is 1. The third kappa shape index (κ3) is 7.68. The molecule has 0 aromatic carbocycles. The minimum atomic E-state index is -4.05. The zero-order chi connectivity index (χ0) is 13.4. The maximum absolute atomic E-state index is 12.0. The lowest BCUT2D eigenvalue weighted by molar-refractivity contribution is -0.137. The van der Waals surface area contributed by atoms with Gasteiger partial charge in [0.2, 0.25) is 0 Å². The van der Waals surface area contributed by atoms with Crippen LogP contribution in [0.2, 0.25) is 0 Å². The fraction of sp³-hybridized carbons (Fsp3) is 0.667. The highest BCUT2D eigenvalue weighted by Crippen LogP contribution is 2.19. The molecule has 0 amide bonds. The first kappa shape index (κ1) is 15.5. The molecule has 0 aliphatic rings. The summed E-state index contributed by atoms with van der Waals surface area (Å²) in [4.78, 5) is 3.03. The van der Waals surface area contributed by atoms with Gasteiger partial charge in [-0.15, -0.1) is 11.3 Å². The third-order valence-electron chi connectivity index (χ3n) is 2.58. The Morgan fingerprint density at radius 3 is 2.67 bits per heavy atom. The fourth-order valence-electron chi connectivity index (χ4n) is 1.49. The van der Waals surface area contributed by atoms with Crippen LogP contribution in [-0.4, -0.2) is 44.3 Å². The Kier molecular flexibility index (Phi) is 6.67. The second kappa shape index (κ2) is 7.76. The summed E-state index contributed by atoms with van der Waals surface area (Å²) in [5.74, 6) is 0. The lowest BCUT2D eigenvalue weighted by Gasteiger charge is -2.17. The first-order valence-electron chi connectivity index (χ1n) is 5.96. The highest BCUT2D eigenvalue weighted by atomic mass is 32.1. The largest absolute Gasteiger partial charge is 0.390 e. The standard InChI is InChI=1S/C12H19F3N2S/c1-17(8-5-12(13,14)15)9-7-16-6-4-11-3-2-10-18-11/h2-3,10,16H,4-9H2,1H3. The summed E-state index contributed by atoms with van der Waals surface area (Å²) in [7, 11) is 1.71. The third-order valence-corrected chi connectivity index (χ3v) is 3.51. The number of thiophene rings is 1. The summed E-state index contributed by atoms with van der Waals surface area (Å²) < 4.78 is 35.9. The maximum Gasteiger partial charge on any atom is 0.390 e. The number of hydrogen-bond donors (Lipinski definition) is 1. The van der Waals surface area contributed by atoms with Crippen molar-refractivity contribution in [3.05, 3.63) is 22.4 Å². The van der Waals surface area contributed by atoms with Crippen LogP contribution in [0.15, 0.2) is 17.5 Å². The van der Waals surface area contributed by atoms with Gasteiger partial charge in [-0.1, -0.05) is 6.07 Å². The van der Waals surface area contributed by atoms with Crippen molar-refractivity contribution >= 4 is 11.3 Å². The highest BCUT2D eigenvalue weighted by molar-refractivity contribution is 7.09. The van der Waals surface area contributed by atoms with Crippen molar-refractivity contribution in [2.45, 2.75) is 19.0 Å². The molecule has 0 saturated heterocycles. The van der Waals surface area contributed by atoms with Gasteiger partial charge in [-0.3, -0.25) is 0 Å². The molecule has 0 unspecified atom stereocenters. The van der Waals surface area contributed by atoms with Crippen LogP contribution in [0.5, 0.6) is 0 Å². The molecule has 18 heavy (non-hydrogen) atoms. The number of hydrogen-bond acceptors (Lipinski definition) is 3. The Labute approximate surface area is 110 Å². The topological polar surface area (TPSA) is 15.3 Å². The molecule has 1 heterocycles. The van der Waals surface area contributed by atoms with Gasteiger partial charge in [-0.05, 0) is 24.9 Å². The number of nitrogens with one attached hydrogen (secondary N) is 1. The quantitative estimate of drug-likeness (QED) is 0.737. The lowest BCUT2D eigenvalue weighted by atomic mass is 10.3. The van der Waals surface area contributed by atoms with E-state index in [4.69, 9.17) is 0 Å². The van der Waals surface area contributed by atoms with Crippen LogP contribution in [0, 0.1) is 0 Å². The van der Waals surface area contributed by atoms with E-state index in [1.807, 2.05) is 11.4 Å². The lowest BCUT2D eigenvalue weighted by Crippen LogP contribution is -2.32. The smallest absolute Gasteiger partial charge is 0.315 e. The van der Waals surface area contributed by atoms with Crippen molar-refractivity contribution in [2.75, 3.05) is 33.2 Å². The van der Waals surface area contributed by atoms with Gasteiger partial charge >= 0.3 is 6.18 Å². The molecular formula is C12H19F3N2S. The van der Waals surface area contributed by atoms with Crippen molar-refractivity contribution in [3.63, 3.8) is 0 Å². The van der Waals surface area contributed by atoms with Crippen LogP contribution in [-0.2, 0) is 6.42 Å². The van der Waals surface area contributed by atoms with E-state index in [9.17, 15) is 13.2 Å². The minimum Gasteiger partial charge on any atom is -0.315 e. The number of alkyl halides is 3. The molecule has 6 heteroatoms. The van der Waals surface area contributed by atoms with Crippen molar-refractivity contribution in [3.8, 4) is 0 Å². The van der Waals surface area contributed by atoms with Gasteiger partial charge in [0, 0.05) is 31.1 Å². The summed E-state index contributed by atoms with van der Waals surface area (Å²) in [5.41, 5.74) is 0. The summed E-state index contributed by atoms with van der Waals surface area (Å²) in [6.07, 6.45) is -3.82. The Bertz CT molecular complexity index is 312. The molecule has 0 bridgehead atoms. The Balaban J connectivity index is 1.97. The summed E-state index contributed by atoms with van der Waals surface area (Å²) in [5, 5.41) is 5.28. The zero-order valence-corrected chi connectivity index (χ0v) is 11.3. The molecule has 0 aliphatic heterocycles. The van der Waals surface area contributed by atoms with Crippen molar-refractivity contribution in [1.82, 2.24) is 10.2 Å². The van der Waals surface area contributed by atoms with Gasteiger partial charge in [-0.25, -0.2) is 0 Å². The van der Waals surface area contributed by atoms with Gasteiger partial charge in [0.05, 0.1) is 6.42 Å². The summed E-state index contributed by atoms with van der Waals surface area (Å²) >= 11 is 1.72. The van der Waals surface area contributed by atoms with Crippen LogP contribution < -0.4 is 5.32 Å². The van der Waals surface area contributed by atoms with Crippen LogP contribution in [0.25, 0.3) is 0 Å². The normalized spacial score (nSPS) is 12.3. The molecule has 104 valence electrons. The first-order valence-corrected chi connectivity index (χ1v) is 6.84. The van der Waals surface area contributed by atoms with E-state index < -0.39 is 12.6 Å². The van der Waals surface area contributed by atoms with Gasteiger partial charge < -0.3 is 10.2 Å². The van der Waals surface area contributed by atoms with Crippen molar-refractivity contribution < 1.29 is 13.2 Å². The Morgan fingerprint density at radius 1 is 1.28 bits per heavy atom. The predicted molar refractivity (Wildman–Crippen MR) is 69.1 cm³/mol. The second-order valence-electron chi connectivity index (χ2n) is 4.25. The SMILES string of the molecule is CN(CCNCCc1cccs1)CCC(F)(F)F. The molecular weight excluding hydrogens is 261 g/mol. The zero-order valence-electron chi connectivity index (χ0n) is 10.5. The van der Waals surface area contributed by atoms with Crippen molar-refractivity contribution in [2.24, 2.45) is 0 Å². The molecule has 1 N–H and O–H groups in total. The monoisotopic (exact) mass is 280 g/mol. The molecule has 0 aliphatic carbocycles. The van der Waals surface area contributed by atoms with Crippen molar-refractivity contribution in [1.29, 1.82) is 0 Å². The van der Waals surface area contributed by atoms with Gasteiger partial charge in [-0.2, -0.15) is 13.2 Å². The predicted octanol–water partition coefficient (Wildman–Crippen LogP) is 2.76. The van der Waals surface area contributed by atoms with Gasteiger partial charge in [0.25, 0.3) is 0 Å². The maximum atomic E-state index is 12.0. The molecule has 1 rings (SSSR count). The van der Waals surface area contributed by atoms with E-state index in [1.54, 1.807) is 23.3 Å². The van der Waals surface area contributed by atoms with E-state index >= 15 is 0 Å². The molecule has 1 aromatic rings. The van der Waals surface area contributed by atoms with Gasteiger partial charge in [0.15, 0.2) is 0 Å². The van der Waals surface area contributed by atoms with Crippen LogP contribution in [0.4, 0.5) is 13.2 Å². The second-order valence-corrected chi connectivity index (χ2v) is 5.28. The van der Waals surface area contributed by atoms with Crippen LogP contribution in [0.3, 0.4) is 0 Å². The number of rotatable bonds is 8. The Morgan fingerprint density at radius 2 is 2.06 bits per heavy atom. The van der Waals surface area contributed by atoms with Gasteiger partial charge in [0.1, 0.15) is 0 Å². The highest BCUT2D eigenvalue weighted by Gasteiger charge is 2.26. The average Bonchev–Trinajstić information content (AvgIpc) is 2.78. The van der Waals surface area contributed by atoms with Crippen LogP contribution >= 0.6 is 11.3 Å². The molecule has 0 atom stereocenters. The molecule has 0 spiro atoms. The molecule has 0 fully saturated rings. The van der Waals surface area contributed by atoms with Crippen LogP contribution in [0.1, 0.15) is 11.3 Å².